The van der Waals surface area contributed by atoms with Crippen LogP contribution in [0.5, 0.6) is 5.75 Å². The highest BCUT2D eigenvalue weighted by Gasteiger charge is 2.31. The van der Waals surface area contributed by atoms with Crippen LogP contribution < -0.4 is 16.6 Å². The molecule has 1 saturated carbocycles. The van der Waals surface area contributed by atoms with Gasteiger partial charge in [-0.1, -0.05) is 12.5 Å². The normalized spacial score (nSPS) is 17.4. The Morgan fingerprint density at radius 3 is 2.77 bits per heavy atom. The summed E-state index contributed by atoms with van der Waals surface area (Å²) in [4.78, 5) is 13.8. The lowest BCUT2D eigenvalue weighted by Crippen LogP contribution is -2.36. The molecule has 1 aliphatic heterocycles. The third-order valence-electron chi connectivity index (χ3n) is 5.53. The second kappa shape index (κ2) is 7.20. The number of hydrogen-bond donors (Lipinski definition) is 3. The molecule has 0 spiro atoms. The predicted octanol–water partition coefficient (Wildman–Crippen LogP) is 2.62. The zero-order chi connectivity index (χ0) is 21.8. The van der Waals surface area contributed by atoms with E-state index >= 15 is 0 Å². The van der Waals surface area contributed by atoms with E-state index in [1.54, 1.807) is 12.1 Å². The molecule has 3 aromatic rings. The quantitative estimate of drug-likeness (QED) is 0.512. The Labute approximate surface area is 181 Å². The molecule has 160 valence electrons. The van der Waals surface area contributed by atoms with Gasteiger partial charge in [-0.3, -0.25) is 4.79 Å². The summed E-state index contributed by atoms with van der Waals surface area (Å²) < 4.78 is 30.7. The molecule has 31 heavy (non-hydrogen) atoms. The van der Waals surface area contributed by atoms with E-state index in [4.69, 9.17) is 5.73 Å². The molecular weight excluding hydrogens is 438 g/mol. The van der Waals surface area contributed by atoms with Gasteiger partial charge in [-0.15, -0.1) is 15.7 Å². The molecule has 9 nitrogen and oxygen atoms in total. The van der Waals surface area contributed by atoms with Crippen molar-refractivity contribution in [2.45, 2.75) is 30.7 Å². The molecule has 1 fully saturated rings. The molecule has 0 saturated heterocycles. The monoisotopic (exact) mass is 457 g/mol. The van der Waals surface area contributed by atoms with E-state index in [1.165, 1.54) is 28.2 Å². The number of benzene rings is 1. The fourth-order valence-electron chi connectivity index (χ4n) is 3.68. The molecule has 2 aliphatic rings. The van der Waals surface area contributed by atoms with E-state index in [0.29, 0.717) is 17.3 Å². The summed E-state index contributed by atoms with van der Waals surface area (Å²) in [5, 5.41) is 20.1. The largest absolute Gasteiger partial charge is 0.505 e. The molecule has 0 unspecified atom stereocenters. The van der Waals surface area contributed by atoms with Gasteiger partial charge in [-0.2, -0.15) is 13.5 Å². The molecule has 0 bridgehead atoms. The number of aromatic hydroxyl groups is 1. The molecule has 0 radical (unpaired) electrons. The molecule has 4 N–H and O–H groups in total. The fraction of sp³-hybridized carbons (Fsp3) is 0.250. The van der Waals surface area contributed by atoms with Crippen LogP contribution in [-0.2, 0) is 16.6 Å². The minimum Gasteiger partial charge on any atom is -0.505 e. The van der Waals surface area contributed by atoms with E-state index in [0.717, 1.165) is 19.3 Å². The second-order valence-corrected chi connectivity index (χ2v) is 10.1. The second-order valence-electron chi connectivity index (χ2n) is 7.63. The highest BCUT2D eigenvalue weighted by atomic mass is 32.2. The summed E-state index contributed by atoms with van der Waals surface area (Å²) in [6.45, 7) is 0.400. The first-order chi connectivity index (χ1) is 14.8. The number of hydrogen-bond acceptors (Lipinski definition) is 8. The number of aromatic nitrogens is 2. The number of nitrogens with zero attached hydrogens (tertiary/aromatic N) is 3. The van der Waals surface area contributed by atoms with Crippen LogP contribution in [0.15, 0.2) is 49.8 Å². The maximum Gasteiger partial charge on any atom is 0.286 e. The SMILES string of the molecule is Nc1ccc2c(c1)S(=O)(=O)N=C(c1c(O)c(-c3cccs3)nn(CC3CCC3)c1=O)N2. The van der Waals surface area contributed by atoms with Crippen molar-refractivity contribution in [2.24, 2.45) is 10.3 Å². The van der Waals surface area contributed by atoms with Gasteiger partial charge in [0.25, 0.3) is 15.6 Å². The number of nitrogens with two attached hydrogens (primary N) is 1. The maximum atomic E-state index is 13.3. The van der Waals surface area contributed by atoms with Gasteiger partial charge in [-0.05, 0) is 48.4 Å². The summed E-state index contributed by atoms with van der Waals surface area (Å²) >= 11 is 1.36. The van der Waals surface area contributed by atoms with E-state index in [1.807, 2.05) is 11.4 Å². The predicted molar refractivity (Wildman–Crippen MR) is 119 cm³/mol. The Morgan fingerprint density at radius 1 is 1.29 bits per heavy atom. The van der Waals surface area contributed by atoms with Gasteiger partial charge in [-0.25, -0.2) is 4.68 Å². The summed E-state index contributed by atoms with van der Waals surface area (Å²) in [5.41, 5.74) is 5.63. The van der Waals surface area contributed by atoms with Crippen LogP contribution in [0.1, 0.15) is 24.8 Å². The molecule has 1 aliphatic carbocycles. The van der Waals surface area contributed by atoms with Gasteiger partial charge in [0.15, 0.2) is 11.6 Å². The number of rotatable bonds is 4. The molecular formula is C20H19N5O4S2. The Morgan fingerprint density at radius 2 is 2.10 bits per heavy atom. The van der Waals surface area contributed by atoms with Crippen molar-refractivity contribution >= 4 is 38.6 Å². The van der Waals surface area contributed by atoms with Gasteiger partial charge in [0.2, 0.25) is 0 Å². The summed E-state index contributed by atoms with van der Waals surface area (Å²) in [7, 11) is -4.12. The van der Waals surface area contributed by atoms with Crippen LogP contribution in [-0.4, -0.2) is 29.1 Å². The number of sulfonamides is 1. The number of thiophene rings is 1. The number of amidine groups is 1. The zero-order valence-electron chi connectivity index (χ0n) is 16.3. The Hall–Kier alpha value is -3.18. The number of nitrogen functional groups attached to an aromatic ring is 1. The smallest absolute Gasteiger partial charge is 0.286 e. The third-order valence-corrected chi connectivity index (χ3v) is 7.72. The third kappa shape index (κ3) is 3.39. The van der Waals surface area contributed by atoms with Crippen LogP contribution in [0.25, 0.3) is 10.6 Å². The Bertz CT molecular complexity index is 1370. The molecule has 1 aromatic carbocycles. The van der Waals surface area contributed by atoms with Crippen molar-refractivity contribution in [3.8, 4) is 16.3 Å². The standard InChI is InChI=1S/C20H19N5O4S2/c21-12-6-7-13-15(9-12)31(28,29)24-19(22-13)16-18(26)17(14-5-2-8-30-14)23-25(20(16)27)10-11-3-1-4-11/h2,5-9,11,26H,1,3-4,10,21H2,(H,22,24). The van der Waals surface area contributed by atoms with Crippen molar-refractivity contribution in [3.63, 3.8) is 0 Å². The minimum atomic E-state index is -4.12. The average molecular weight is 458 g/mol. The number of anilines is 2. The highest BCUT2D eigenvalue weighted by Crippen LogP contribution is 2.35. The van der Waals surface area contributed by atoms with Gasteiger partial charge < -0.3 is 16.2 Å². The first kappa shape index (κ1) is 19.8. The van der Waals surface area contributed by atoms with Crippen molar-refractivity contribution in [3.05, 3.63) is 51.6 Å². The van der Waals surface area contributed by atoms with E-state index < -0.39 is 21.3 Å². The Kier molecular flexibility index (Phi) is 4.59. The van der Waals surface area contributed by atoms with Crippen LogP contribution >= 0.6 is 11.3 Å². The minimum absolute atomic E-state index is 0.0851. The summed E-state index contributed by atoms with van der Waals surface area (Å²) in [6, 6.07) is 7.93. The summed E-state index contributed by atoms with van der Waals surface area (Å²) in [6.07, 6.45) is 3.11. The van der Waals surface area contributed by atoms with Gasteiger partial charge >= 0.3 is 0 Å². The van der Waals surface area contributed by atoms with Crippen molar-refractivity contribution in [1.82, 2.24) is 9.78 Å². The number of nitrogens with one attached hydrogen (secondary N) is 1. The summed E-state index contributed by atoms with van der Waals surface area (Å²) in [5.74, 6) is -0.313. The topological polar surface area (TPSA) is 140 Å². The molecule has 5 rings (SSSR count). The average Bonchev–Trinajstić information content (AvgIpc) is 3.21. The van der Waals surface area contributed by atoms with Crippen LogP contribution in [0.2, 0.25) is 0 Å². The molecule has 0 atom stereocenters. The first-order valence-electron chi connectivity index (χ1n) is 9.73. The zero-order valence-corrected chi connectivity index (χ0v) is 17.9. The van der Waals surface area contributed by atoms with Crippen molar-refractivity contribution in [2.75, 3.05) is 11.1 Å². The van der Waals surface area contributed by atoms with E-state index in [2.05, 4.69) is 14.8 Å². The first-order valence-corrected chi connectivity index (χ1v) is 12.1. The number of fused-ring (bicyclic) bond motifs is 1. The lowest BCUT2D eigenvalue weighted by Gasteiger charge is -2.26. The van der Waals surface area contributed by atoms with Crippen LogP contribution in [0.4, 0.5) is 11.4 Å². The lowest BCUT2D eigenvalue weighted by molar-refractivity contribution is 0.261. The van der Waals surface area contributed by atoms with E-state index in [-0.39, 0.29) is 33.4 Å². The molecule has 3 heterocycles. The fourth-order valence-corrected chi connectivity index (χ4v) is 5.55. The van der Waals surface area contributed by atoms with E-state index in [9.17, 15) is 18.3 Å². The Balaban J connectivity index is 1.71. The van der Waals surface area contributed by atoms with Crippen molar-refractivity contribution in [1.29, 1.82) is 0 Å². The highest BCUT2D eigenvalue weighted by molar-refractivity contribution is 7.90. The molecule has 0 amide bonds. The maximum absolute atomic E-state index is 13.3. The van der Waals surface area contributed by atoms with Crippen molar-refractivity contribution < 1.29 is 13.5 Å². The van der Waals surface area contributed by atoms with Gasteiger partial charge in [0.1, 0.15) is 16.2 Å². The van der Waals surface area contributed by atoms with Crippen LogP contribution in [0.3, 0.4) is 0 Å². The molecule has 2 aromatic heterocycles. The van der Waals surface area contributed by atoms with Gasteiger partial charge in [0.05, 0.1) is 10.6 Å². The molecule has 11 heteroatoms. The van der Waals surface area contributed by atoms with Gasteiger partial charge in [0, 0.05) is 12.2 Å². The van der Waals surface area contributed by atoms with Crippen LogP contribution in [0, 0.1) is 5.92 Å². The lowest BCUT2D eigenvalue weighted by atomic mass is 9.85.